The van der Waals surface area contributed by atoms with Gasteiger partial charge in [-0.2, -0.15) is 5.26 Å². The summed E-state index contributed by atoms with van der Waals surface area (Å²) >= 11 is 4.92. The highest BCUT2D eigenvalue weighted by Crippen LogP contribution is 2.28. The number of nitriles is 1. The first-order chi connectivity index (χ1) is 12.1. The zero-order chi connectivity index (χ0) is 17.8. The number of hydrogen-bond donors (Lipinski definition) is 0. The lowest BCUT2D eigenvalue weighted by atomic mass is 10.1. The summed E-state index contributed by atoms with van der Waals surface area (Å²) in [6, 6.07) is 18.4. The minimum Gasteiger partial charge on any atom is -0.378 e. The lowest BCUT2D eigenvalue weighted by Crippen LogP contribution is -2.07. The van der Waals surface area contributed by atoms with Crippen molar-refractivity contribution in [2.24, 2.45) is 0 Å². The third-order valence-electron chi connectivity index (χ3n) is 3.72. The van der Waals surface area contributed by atoms with Crippen LogP contribution in [0.4, 0.5) is 5.69 Å². The molecule has 0 atom stereocenters. The quantitative estimate of drug-likeness (QED) is 0.518. The van der Waals surface area contributed by atoms with E-state index in [1.54, 1.807) is 0 Å². The van der Waals surface area contributed by atoms with Crippen molar-refractivity contribution in [3.8, 4) is 17.3 Å². The Kier molecular flexibility index (Phi) is 5.32. The number of rotatable bonds is 4. The van der Waals surface area contributed by atoms with Crippen molar-refractivity contribution in [2.75, 3.05) is 19.0 Å². The summed E-state index contributed by atoms with van der Waals surface area (Å²) in [5.74, 6) is 0. The zero-order valence-corrected chi connectivity index (χ0v) is 16.3. The topological polar surface area (TPSA) is 39.9 Å². The molecule has 3 nitrogen and oxygen atoms in total. The molecule has 0 unspecified atom stereocenters. The Morgan fingerprint density at radius 1 is 1.12 bits per heavy atom. The molecule has 0 aliphatic heterocycles. The third kappa shape index (κ3) is 4.16. The molecule has 0 fully saturated rings. The molecule has 0 N–H and O–H groups in total. The molecule has 0 amide bonds. The van der Waals surface area contributed by atoms with Gasteiger partial charge in [0.2, 0.25) is 0 Å². The van der Waals surface area contributed by atoms with Crippen molar-refractivity contribution in [1.82, 2.24) is 4.98 Å². The summed E-state index contributed by atoms with van der Waals surface area (Å²) in [6.07, 6.45) is 1.88. The van der Waals surface area contributed by atoms with Gasteiger partial charge in [-0.1, -0.05) is 40.2 Å². The van der Waals surface area contributed by atoms with Crippen LogP contribution < -0.4 is 4.90 Å². The first-order valence-corrected chi connectivity index (χ1v) is 9.35. The van der Waals surface area contributed by atoms with E-state index in [-0.39, 0.29) is 0 Å². The van der Waals surface area contributed by atoms with Crippen LogP contribution in [0.2, 0.25) is 0 Å². The maximum absolute atomic E-state index is 9.53. The first kappa shape index (κ1) is 17.4. The lowest BCUT2D eigenvalue weighted by Gasteiger charge is -2.11. The second-order valence-corrected chi connectivity index (χ2v) is 7.47. The number of halogens is 1. The van der Waals surface area contributed by atoms with E-state index < -0.39 is 0 Å². The molecule has 0 saturated heterocycles. The molecule has 1 heterocycles. The summed E-state index contributed by atoms with van der Waals surface area (Å²) in [6.45, 7) is 0. The van der Waals surface area contributed by atoms with Crippen molar-refractivity contribution in [2.45, 2.75) is 0 Å². The van der Waals surface area contributed by atoms with Gasteiger partial charge in [0.25, 0.3) is 0 Å². The fourth-order valence-corrected chi connectivity index (χ4v) is 3.39. The predicted molar refractivity (Wildman–Crippen MR) is 110 cm³/mol. The molecule has 5 heteroatoms. The van der Waals surface area contributed by atoms with Crippen LogP contribution in [0.3, 0.4) is 0 Å². The van der Waals surface area contributed by atoms with Gasteiger partial charge in [0.05, 0.1) is 11.3 Å². The van der Waals surface area contributed by atoms with Gasteiger partial charge in [0.1, 0.15) is 11.1 Å². The second kappa shape index (κ2) is 7.64. The number of anilines is 1. The number of aromatic nitrogens is 1. The highest BCUT2D eigenvalue weighted by Gasteiger charge is 2.09. The molecule has 0 radical (unpaired) electrons. The molecular formula is C20H16BrN3S. The Hall–Kier alpha value is -2.42. The standard InChI is InChI=1S/C20H16BrN3S/c1-24(2)18-9-3-14(4-10-18)11-16(12-22)20-23-19(13-25-20)15-5-7-17(21)8-6-15/h3-11,13H,1-2H3. The molecule has 0 aliphatic rings. The van der Waals surface area contributed by atoms with Crippen molar-refractivity contribution < 1.29 is 0 Å². The Labute approximate surface area is 160 Å². The van der Waals surface area contributed by atoms with E-state index in [1.165, 1.54) is 11.3 Å². The molecule has 0 spiro atoms. The highest BCUT2D eigenvalue weighted by molar-refractivity contribution is 9.10. The zero-order valence-electron chi connectivity index (χ0n) is 13.9. The molecular weight excluding hydrogens is 394 g/mol. The third-order valence-corrected chi connectivity index (χ3v) is 5.12. The van der Waals surface area contributed by atoms with Crippen LogP contribution in [-0.4, -0.2) is 19.1 Å². The maximum Gasteiger partial charge on any atom is 0.134 e. The molecule has 124 valence electrons. The molecule has 3 rings (SSSR count). The van der Waals surface area contributed by atoms with Crippen LogP contribution in [0.1, 0.15) is 10.6 Å². The molecule has 0 aliphatic carbocycles. The average Bonchev–Trinajstić information content (AvgIpc) is 3.10. The average molecular weight is 410 g/mol. The molecule has 25 heavy (non-hydrogen) atoms. The monoisotopic (exact) mass is 409 g/mol. The van der Waals surface area contributed by atoms with Gasteiger partial charge in [-0.15, -0.1) is 11.3 Å². The van der Waals surface area contributed by atoms with Gasteiger partial charge < -0.3 is 4.90 Å². The van der Waals surface area contributed by atoms with Crippen LogP contribution in [0.5, 0.6) is 0 Å². The summed E-state index contributed by atoms with van der Waals surface area (Å²) in [4.78, 5) is 6.67. The summed E-state index contributed by atoms with van der Waals surface area (Å²) in [7, 11) is 4.01. The molecule has 0 saturated carbocycles. The van der Waals surface area contributed by atoms with Gasteiger partial charge in [0, 0.05) is 35.2 Å². The number of thiazole rings is 1. The molecule has 1 aromatic heterocycles. The van der Waals surface area contributed by atoms with Crippen LogP contribution in [0.25, 0.3) is 22.9 Å². The van der Waals surface area contributed by atoms with Crippen molar-refractivity contribution in [1.29, 1.82) is 5.26 Å². The van der Waals surface area contributed by atoms with Gasteiger partial charge in [-0.25, -0.2) is 4.98 Å². The minimum absolute atomic E-state index is 0.575. The Morgan fingerprint density at radius 3 is 2.40 bits per heavy atom. The lowest BCUT2D eigenvalue weighted by molar-refractivity contribution is 1.13. The highest BCUT2D eigenvalue weighted by atomic mass is 79.9. The summed E-state index contributed by atoms with van der Waals surface area (Å²) < 4.78 is 1.03. The van der Waals surface area contributed by atoms with Crippen molar-refractivity contribution in [3.63, 3.8) is 0 Å². The van der Waals surface area contributed by atoms with E-state index in [9.17, 15) is 5.26 Å². The second-order valence-electron chi connectivity index (χ2n) is 5.70. The Bertz CT molecular complexity index is 932. The normalized spacial score (nSPS) is 11.2. The van der Waals surface area contributed by atoms with Gasteiger partial charge in [0.15, 0.2) is 0 Å². The number of allylic oxidation sites excluding steroid dienone is 1. The Balaban J connectivity index is 1.88. The SMILES string of the molecule is CN(C)c1ccc(C=C(C#N)c2nc(-c3ccc(Br)cc3)cs2)cc1. The fraction of sp³-hybridized carbons (Fsp3) is 0.100. The van der Waals surface area contributed by atoms with Gasteiger partial charge in [-0.3, -0.25) is 0 Å². The summed E-state index contributed by atoms with van der Waals surface area (Å²) in [5.41, 5.74) is 4.62. The van der Waals surface area contributed by atoms with E-state index >= 15 is 0 Å². The fourth-order valence-electron chi connectivity index (χ4n) is 2.33. The first-order valence-electron chi connectivity index (χ1n) is 7.68. The predicted octanol–water partition coefficient (Wildman–Crippen LogP) is 5.70. The van der Waals surface area contributed by atoms with Crippen LogP contribution in [0, 0.1) is 11.3 Å². The van der Waals surface area contributed by atoms with Crippen LogP contribution in [0.15, 0.2) is 58.4 Å². The van der Waals surface area contributed by atoms with E-state index in [4.69, 9.17) is 0 Å². The maximum atomic E-state index is 9.53. The van der Waals surface area contributed by atoms with E-state index in [2.05, 4.69) is 27.0 Å². The van der Waals surface area contributed by atoms with E-state index in [0.717, 1.165) is 32.0 Å². The number of nitrogens with zero attached hydrogens (tertiary/aromatic N) is 3. The largest absolute Gasteiger partial charge is 0.378 e. The Morgan fingerprint density at radius 2 is 1.80 bits per heavy atom. The van der Waals surface area contributed by atoms with Crippen molar-refractivity contribution in [3.05, 3.63) is 69.0 Å². The molecule has 0 bridgehead atoms. The van der Waals surface area contributed by atoms with Gasteiger partial charge >= 0.3 is 0 Å². The van der Waals surface area contributed by atoms with E-state index in [0.29, 0.717) is 5.57 Å². The van der Waals surface area contributed by atoms with Crippen LogP contribution >= 0.6 is 27.3 Å². The van der Waals surface area contributed by atoms with Gasteiger partial charge in [-0.05, 0) is 35.9 Å². The van der Waals surface area contributed by atoms with Crippen LogP contribution in [-0.2, 0) is 0 Å². The smallest absolute Gasteiger partial charge is 0.134 e. The van der Waals surface area contributed by atoms with Crippen molar-refractivity contribution >= 4 is 44.6 Å². The minimum atomic E-state index is 0.575. The number of hydrogen-bond acceptors (Lipinski definition) is 4. The summed E-state index contributed by atoms with van der Waals surface area (Å²) in [5, 5.41) is 12.3. The molecule has 2 aromatic carbocycles. The molecule has 3 aromatic rings. The number of benzene rings is 2. The van der Waals surface area contributed by atoms with E-state index in [1.807, 2.05) is 79.0 Å².